The van der Waals surface area contributed by atoms with E-state index in [1.54, 1.807) is 44.5 Å². The van der Waals surface area contributed by atoms with Gasteiger partial charge in [0.05, 0.1) is 0 Å². The van der Waals surface area contributed by atoms with Crippen LogP contribution in [0.2, 0.25) is 11.6 Å². The summed E-state index contributed by atoms with van der Waals surface area (Å²) >= 11 is 3.60. The van der Waals surface area contributed by atoms with E-state index in [0.29, 0.717) is 0 Å². The highest BCUT2D eigenvalue weighted by atomic mass is 127. The molecule has 4 nitrogen and oxygen atoms in total. The van der Waals surface area contributed by atoms with Crippen LogP contribution in [-0.4, -0.2) is 30.4 Å². The molecule has 112 valence electrons. The van der Waals surface area contributed by atoms with Gasteiger partial charge in [-0.3, -0.25) is 9.59 Å². The molecule has 3 atom stereocenters. The van der Waals surface area contributed by atoms with Crippen molar-refractivity contribution in [1.29, 1.82) is 0 Å². The normalized spacial score (nSPS) is 15.4. The summed E-state index contributed by atoms with van der Waals surface area (Å²) < 4.78 is 9.65. The zero-order chi connectivity index (χ0) is 15.9. The van der Waals surface area contributed by atoms with Gasteiger partial charge in [-0.05, 0) is 29.5 Å². The summed E-state index contributed by atoms with van der Waals surface area (Å²) in [6.07, 6.45) is 0. The van der Waals surface area contributed by atoms with Crippen LogP contribution in [0.1, 0.15) is 34.6 Å². The Morgan fingerprint density at radius 2 is 1.30 bits per heavy atom. The van der Waals surface area contributed by atoms with Crippen molar-refractivity contribution in [2.45, 2.75) is 50.4 Å². The van der Waals surface area contributed by atoms with E-state index in [4.69, 9.17) is 4.74 Å². The largest absolute Gasteiger partial charge is 0.460 e. The lowest BCUT2D eigenvalue weighted by Crippen LogP contribution is -2.32. The second-order valence-electron chi connectivity index (χ2n) is 5.35. The van der Waals surface area contributed by atoms with Crippen LogP contribution in [-0.2, 0) is 7.80 Å². The second-order valence-corrected chi connectivity index (χ2v) is 7.55. The van der Waals surface area contributed by atoms with Gasteiger partial charge in [0.1, 0.15) is 4.11 Å². The van der Waals surface area contributed by atoms with Gasteiger partial charge in [0.15, 0.2) is 23.0 Å². The lowest BCUT2D eigenvalue weighted by Gasteiger charge is -2.31. The van der Waals surface area contributed by atoms with Crippen molar-refractivity contribution in [1.82, 2.24) is 0 Å². The van der Waals surface area contributed by atoms with Crippen molar-refractivity contribution < 1.29 is 17.4 Å². The molecule has 20 heavy (non-hydrogen) atoms. The third-order valence-electron chi connectivity index (χ3n) is 3.00. The topological polar surface area (TPSA) is 52.6 Å². The highest BCUT2D eigenvalue weighted by Crippen LogP contribution is 2.37. The summed E-state index contributed by atoms with van der Waals surface area (Å²) in [5.74, 6) is -0.398. The van der Waals surface area contributed by atoms with Crippen LogP contribution in [0.5, 0.6) is 0 Å². The molecule has 2 radical (unpaired) electrons. The minimum atomic E-state index is -0.376. The van der Waals surface area contributed by atoms with E-state index >= 15 is 0 Å². The molecule has 0 aliphatic rings. The molecule has 3 unspecified atom stereocenters. The van der Waals surface area contributed by atoms with Gasteiger partial charge in [-0.2, -0.15) is 0 Å². The highest BCUT2D eigenvalue weighted by molar-refractivity contribution is 14.1. The quantitative estimate of drug-likeness (QED) is 0.274. The maximum Gasteiger partial charge on any atom is 0.265 e. The monoisotopic (exact) mass is 504 g/mol. The third-order valence-corrected chi connectivity index (χ3v) is 3.68. The van der Waals surface area contributed by atoms with E-state index in [0.717, 1.165) is 0 Å². The van der Waals surface area contributed by atoms with Crippen LogP contribution in [0.25, 0.3) is 0 Å². The van der Waals surface area contributed by atoms with E-state index in [-0.39, 0.29) is 39.3 Å². The first-order valence-electron chi connectivity index (χ1n) is 6.56. The molecular weight excluding hydrogens is 484 g/mol. The summed E-state index contributed by atoms with van der Waals surface area (Å²) in [5, 5.41) is 0. The van der Waals surface area contributed by atoms with Crippen LogP contribution >= 0.6 is 45.6 Å². The van der Waals surface area contributed by atoms with E-state index in [1.165, 1.54) is 0 Å². The summed E-state index contributed by atoms with van der Waals surface area (Å²) in [6, 6.07) is 0. The minimum Gasteiger partial charge on any atom is -0.460 e. The molecule has 0 rings (SSSR count). The Bertz CT molecular complexity index is 325. The SMILES string of the molecule is CC(I)OC(=O)[B]C(C(C)C)C([B]C(=O)OI)C(C)C. The Labute approximate surface area is 150 Å². The Hall–Kier alpha value is 0.530. The summed E-state index contributed by atoms with van der Waals surface area (Å²) in [7, 11) is 3.14. The van der Waals surface area contributed by atoms with Gasteiger partial charge in [-0.15, -0.1) is 0 Å². The zero-order valence-electron chi connectivity index (χ0n) is 12.4. The van der Waals surface area contributed by atoms with Crippen LogP contribution in [0.4, 0.5) is 9.59 Å². The molecule has 0 aromatic carbocycles. The number of alkyl halides is 1. The number of rotatable bonds is 8. The standard InChI is InChI=1S/C12H20B2I2O4/c1-6(2)9(13-11(17)19-8(5)15)10(7(3)4)14-12(18)20-16/h6-10H,1-5H3. The minimum absolute atomic E-state index is 0.0608. The van der Waals surface area contributed by atoms with Crippen molar-refractivity contribution in [3.8, 4) is 0 Å². The summed E-state index contributed by atoms with van der Waals surface area (Å²) in [4.78, 5) is 23.3. The molecule has 0 saturated heterocycles. The average molecular weight is 504 g/mol. The van der Waals surface area contributed by atoms with Gasteiger partial charge in [0.2, 0.25) is 5.87 Å². The first-order chi connectivity index (χ1) is 9.18. The zero-order valence-corrected chi connectivity index (χ0v) is 16.7. The Morgan fingerprint density at radius 1 is 0.900 bits per heavy atom. The van der Waals surface area contributed by atoms with Crippen molar-refractivity contribution in [3.63, 3.8) is 0 Å². The highest BCUT2D eigenvalue weighted by Gasteiger charge is 2.34. The first-order valence-corrected chi connectivity index (χ1v) is 8.68. The van der Waals surface area contributed by atoms with Crippen molar-refractivity contribution in [2.24, 2.45) is 11.8 Å². The van der Waals surface area contributed by atoms with Gasteiger partial charge in [-0.1, -0.05) is 51.2 Å². The molecule has 0 aliphatic carbocycles. The molecule has 0 N–H and O–H groups in total. The lowest BCUT2D eigenvalue weighted by atomic mass is 9.42. The molecule has 0 saturated carbocycles. The fourth-order valence-electron chi connectivity index (χ4n) is 2.04. The van der Waals surface area contributed by atoms with Crippen molar-refractivity contribution in [3.05, 3.63) is 0 Å². The number of ether oxygens (including phenoxy) is 1. The average Bonchev–Trinajstić information content (AvgIpc) is 2.31. The summed E-state index contributed by atoms with van der Waals surface area (Å²) in [6.45, 7) is 9.91. The smallest absolute Gasteiger partial charge is 0.265 e. The lowest BCUT2D eigenvalue weighted by molar-refractivity contribution is 0.172. The van der Waals surface area contributed by atoms with E-state index in [9.17, 15) is 9.59 Å². The fraction of sp³-hybridized carbons (Fsp3) is 0.833. The first kappa shape index (κ1) is 20.5. The fourth-order valence-corrected chi connectivity index (χ4v) is 2.43. The van der Waals surface area contributed by atoms with Crippen LogP contribution in [0.3, 0.4) is 0 Å². The number of hydrogen-bond donors (Lipinski definition) is 0. The Morgan fingerprint density at radius 3 is 1.60 bits per heavy atom. The van der Waals surface area contributed by atoms with Gasteiger partial charge >= 0.3 is 0 Å². The molecule has 0 aliphatic heterocycles. The van der Waals surface area contributed by atoms with E-state index < -0.39 is 0 Å². The van der Waals surface area contributed by atoms with Crippen molar-refractivity contribution in [2.75, 3.05) is 0 Å². The molecule has 0 aromatic rings. The van der Waals surface area contributed by atoms with Gasteiger partial charge < -0.3 is 7.80 Å². The molecular formula is C12H20B2I2O4. The second kappa shape index (κ2) is 10.3. The molecule has 0 spiro atoms. The van der Waals surface area contributed by atoms with Crippen LogP contribution in [0.15, 0.2) is 0 Å². The number of hydrogen-bond acceptors (Lipinski definition) is 4. The van der Waals surface area contributed by atoms with Gasteiger partial charge in [0, 0.05) is 0 Å². The Balaban J connectivity index is 4.90. The maximum atomic E-state index is 11.8. The number of carbonyl (C=O) groups is 2. The number of carbonyl (C=O) groups excluding carboxylic acids is 2. The molecule has 0 aromatic heterocycles. The van der Waals surface area contributed by atoms with Crippen LogP contribution in [0, 0.1) is 11.8 Å². The van der Waals surface area contributed by atoms with Gasteiger partial charge in [-0.25, -0.2) is 0 Å². The van der Waals surface area contributed by atoms with Gasteiger partial charge in [0.25, 0.3) is 20.4 Å². The molecule has 0 heterocycles. The third kappa shape index (κ3) is 8.09. The maximum absolute atomic E-state index is 11.8. The molecule has 8 heteroatoms. The van der Waals surface area contributed by atoms with Crippen LogP contribution < -0.4 is 0 Å². The predicted octanol–water partition coefficient (Wildman–Crippen LogP) is 4.69. The predicted molar refractivity (Wildman–Crippen MR) is 99.1 cm³/mol. The molecule has 0 fully saturated rings. The molecule has 0 bridgehead atoms. The summed E-state index contributed by atoms with van der Waals surface area (Å²) in [5.41, 5.74) is 0. The molecule has 0 amide bonds. The van der Waals surface area contributed by atoms with E-state index in [1.807, 2.05) is 50.3 Å². The van der Waals surface area contributed by atoms with E-state index in [2.05, 4.69) is 3.07 Å². The van der Waals surface area contributed by atoms with Crippen molar-refractivity contribution >= 4 is 71.9 Å². The number of halogens is 2. The Kier molecular flexibility index (Phi) is 10.6.